The maximum atomic E-state index is 5.56. The number of halogens is 2. The maximum absolute atomic E-state index is 5.56. The third kappa shape index (κ3) is 3.71. The van der Waals surface area contributed by atoms with Crippen molar-refractivity contribution in [3.05, 3.63) is 48.3 Å². The fourth-order valence-corrected chi connectivity index (χ4v) is 2.28. The van der Waals surface area contributed by atoms with Crippen LogP contribution in [0.2, 0.25) is 0 Å². The van der Waals surface area contributed by atoms with Crippen molar-refractivity contribution in [2.45, 2.75) is 6.42 Å². The number of nitrogens with zero attached hydrogens (tertiary/aromatic N) is 1. The number of nitrogens with two attached hydrogens (primary N) is 1. The molecule has 0 aliphatic rings. The highest BCUT2D eigenvalue weighted by atomic mass is 35.5. The van der Waals surface area contributed by atoms with Gasteiger partial charge in [0.25, 0.3) is 0 Å². The van der Waals surface area contributed by atoms with Crippen molar-refractivity contribution < 1.29 is 4.74 Å². The number of hydrogen-bond acceptors (Lipinski definition) is 3. The van der Waals surface area contributed by atoms with Crippen molar-refractivity contribution in [2.24, 2.45) is 5.73 Å². The predicted molar refractivity (Wildman–Crippen MR) is 95.3 cm³/mol. The molecular weight excluding hydrogens is 321 g/mol. The lowest BCUT2D eigenvalue weighted by Crippen LogP contribution is -2.03. The highest BCUT2D eigenvalue weighted by Crippen LogP contribution is 2.25. The minimum atomic E-state index is 0. The molecule has 0 saturated carbocycles. The topological polar surface area (TPSA) is 63.9 Å². The Balaban J connectivity index is 0.00000121. The van der Waals surface area contributed by atoms with Crippen LogP contribution in [0.5, 0.6) is 5.75 Å². The largest absolute Gasteiger partial charge is 0.497 e. The number of ether oxygens (including phenoxy) is 1. The van der Waals surface area contributed by atoms with E-state index in [0.717, 1.165) is 40.2 Å². The number of aromatic amines is 1. The van der Waals surface area contributed by atoms with Crippen molar-refractivity contribution in [1.29, 1.82) is 0 Å². The molecule has 118 valence electrons. The molecule has 1 heterocycles. The van der Waals surface area contributed by atoms with Crippen molar-refractivity contribution in [1.82, 2.24) is 9.97 Å². The molecule has 1 aromatic heterocycles. The summed E-state index contributed by atoms with van der Waals surface area (Å²) >= 11 is 0. The summed E-state index contributed by atoms with van der Waals surface area (Å²) in [5.74, 6) is 1.80. The Kier molecular flexibility index (Phi) is 6.68. The van der Waals surface area contributed by atoms with E-state index in [1.54, 1.807) is 7.11 Å². The molecule has 0 atom stereocenters. The number of rotatable bonds is 4. The van der Waals surface area contributed by atoms with E-state index in [2.05, 4.69) is 34.2 Å². The van der Waals surface area contributed by atoms with E-state index in [0.29, 0.717) is 6.54 Å². The van der Waals surface area contributed by atoms with Crippen LogP contribution >= 0.6 is 24.8 Å². The van der Waals surface area contributed by atoms with Crippen molar-refractivity contribution in [2.75, 3.05) is 13.7 Å². The van der Waals surface area contributed by atoms with Gasteiger partial charge in [0.2, 0.25) is 0 Å². The zero-order valence-electron chi connectivity index (χ0n) is 12.2. The number of methoxy groups -OCH3 is 1. The van der Waals surface area contributed by atoms with Gasteiger partial charge < -0.3 is 15.5 Å². The first kappa shape index (κ1) is 18.3. The molecule has 2 aromatic carbocycles. The van der Waals surface area contributed by atoms with Crippen LogP contribution in [0.25, 0.3) is 22.2 Å². The van der Waals surface area contributed by atoms with Crippen LogP contribution in [0.4, 0.5) is 0 Å². The van der Waals surface area contributed by atoms with E-state index in [-0.39, 0.29) is 24.8 Å². The molecular formula is C16H19Cl2N3O. The van der Waals surface area contributed by atoms with Gasteiger partial charge in [0.15, 0.2) is 0 Å². The van der Waals surface area contributed by atoms with E-state index < -0.39 is 0 Å². The summed E-state index contributed by atoms with van der Waals surface area (Å²) in [5.41, 5.74) is 9.89. The first-order valence-electron chi connectivity index (χ1n) is 6.63. The number of imidazole rings is 1. The van der Waals surface area contributed by atoms with E-state index in [9.17, 15) is 0 Å². The van der Waals surface area contributed by atoms with Gasteiger partial charge in [-0.3, -0.25) is 0 Å². The van der Waals surface area contributed by atoms with Gasteiger partial charge in [0, 0.05) is 6.42 Å². The molecule has 0 fully saturated rings. The third-order valence-corrected chi connectivity index (χ3v) is 3.34. The molecule has 0 saturated heterocycles. The molecule has 0 unspecified atom stereocenters. The average Bonchev–Trinajstić information content (AvgIpc) is 2.89. The number of fused-ring (bicyclic) bond motifs is 1. The Bertz CT molecular complexity index is 726. The van der Waals surface area contributed by atoms with Gasteiger partial charge in [-0.05, 0) is 41.9 Å². The lowest BCUT2D eigenvalue weighted by atomic mass is 10.1. The summed E-state index contributed by atoms with van der Waals surface area (Å²) in [4.78, 5) is 7.82. The number of nitrogens with one attached hydrogen (secondary N) is 1. The van der Waals surface area contributed by atoms with Crippen LogP contribution in [-0.2, 0) is 6.42 Å². The second kappa shape index (κ2) is 8.03. The predicted octanol–water partition coefficient (Wildman–Crippen LogP) is 3.58. The van der Waals surface area contributed by atoms with Crippen LogP contribution in [-0.4, -0.2) is 23.6 Å². The van der Waals surface area contributed by atoms with E-state index in [1.165, 1.54) is 0 Å². The second-order valence-corrected chi connectivity index (χ2v) is 4.68. The zero-order valence-corrected chi connectivity index (χ0v) is 13.8. The van der Waals surface area contributed by atoms with Gasteiger partial charge in [-0.2, -0.15) is 0 Å². The van der Waals surface area contributed by atoms with Gasteiger partial charge in [0.05, 0.1) is 18.1 Å². The molecule has 0 aliphatic heterocycles. The van der Waals surface area contributed by atoms with Crippen LogP contribution in [0.3, 0.4) is 0 Å². The fraction of sp³-hybridized carbons (Fsp3) is 0.188. The molecule has 22 heavy (non-hydrogen) atoms. The molecule has 3 aromatic rings. The average molecular weight is 340 g/mol. The molecule has 6 heteroatoms. The first-order chi connectivity index (χ1) is 9.80. The zero-order chi connectivity index (χ0) is 13.9. The Morgan fingerprint density at radius 3 is 2.36 bits per heavy atom. The van der Waals surface area contributed by atoms with Crippen LogP contribution in [0.15, 0.2) is 42.5 Å². The Hall–Kier alpha value is -1.75. The Morgan fingerprint density at radius 1 is 1.05 bits per heavy atom. The highest BCUT2D eigenvalue weighted by molar-refractivity contribution is 5.85. The minimum Gasteiger partial charge on any atom is -0.497 e. The van der Waals surface area contributed by atoms with Gasteiger partial charge >= 0.3 is 0 Å². The summed E-state index contributed by atoms with van der Waals surface area (Å²) in [7, 11) is 1.67. The van der Waals surface area contributed by atoms with Crippen LogP contribution < -0.4 is 10.5 Å². The number of H-pyrrole nitrogens is 1. The standard InChI is InChI=1S/C16H17N3O.2ClH/c1-20-13-5-2-11(3-6-13)12-4-7-14-15(10-12)19-16(18-14)8-9-17;;/h2-7,10H,8-9,17H2,1H3,(H,18,19);2*1H. The number of hydrogen-bond donors (Lipinski definition) is 2. The third-order valence-electron chi connectivity index (χ3n) is 3.34. The van der Waals surface area contributed by atoms with Gasteiger partial charge in [-0.15, -0.1) is 24.8 Å². The maximum Gasteiger partial charge on any atom is 0.118 e. The molecule has 0 aliphatic carbocycles. The van der Waals surface area contributed by atoms with Crippen molar-refractivity contribution in [3.8, 4) is 16.9 Å². The lowest BCUT2D eigenvalue weighted by molar-refractivity contribution is 0.415. The highest BCUT2D eigenvalue weighted by Gasteiger charge is 2.05. The molecule has 0 amide bonds. The molecule has 4 nitrogen and oxygen atoms in total. The smallest absolute Gasteiger partial charge is 0.118 e. The quantitative estimate of drug-likeness (QED) is 0.763. The summed E-state index contributed by atoms with van der Waals surface area (Å²) in [5, 5.41) is 0. The summed E-state index contributed by atoms with van der Waals surface area (Å²) in [6, 6.07) is 14.3. The van der Waals surface area contributed by atoms with Gasteiger partial charge in [-0.25, -0.2) is 4.98 Å². The lowest BCUT2D eigenvalue weighted by Gasteiger charge is -2.03. The van der Waals surface area contributed by atoms with Crippen LogP contribution in [0, 0.1) is 0 Å². The van der Waals surface area contributed by atoms with Gasteiger partial charge in [0.1, 0.15) is 11.6 Å². The van der Waals surface area contributed by atoms with Crippen LogP contribution in [0.1, 0.15) is 5.82 Å². The SMILES string of the molecule is COc1ccc(-c2ccc3nc(CCN)[nH]c3c2)cc1.Cl.Cl. The number of aromatic nitrogens is 2. The first-order valence-corrected chi connectivity index (χ1v) is 6.63. The molecule has 3 rings (SSSR count). The summed E-state index contributed by atoms with van der Waals surface area (Å²) < 4.78 is 5.18. The Labute approximate surface area is 141 Å². The van der Waals surface area contributed by atoms with Gasteiger partial charge in [-0.1, -0.05) is 18.2 Å². The fourth-order valence-electron chi connectivity index (χ4n) is 2.28. The monoisotopic (exact) mass is 339 g/mol. The molecule has 0 spiro atoms. The van der Waals surface area contributed by atoms with Crippen molar-refractivity contribution in [3.63, 3.8) is 0 Å². The second-order valence-electron chi connectivity index (χ2n) is 4.68. The Morgan fingerprint density at radius 2 is 1.73 bits per heavy atom. The summed E-state index contributed by atoms with van der Waals surface area (Å²) in [6.45, 7) is 0.602. The number of benzene rings is 2. The molecule has 0 bridgehead atoms. The molecule has 0 radical (unpaired) electrons. The minimum absolute atomic E-state index is 0. The summed E-state index contributed by atoms with van der Waals surface area (Å²) in [6.07, 6.45) is 0.770. The van der Waals surface area contributed by atoms with E-state index in [4.69, 9.17) is 10.5 Å². The van der Waals surface area contributed by atoms with E-state index in [1.807, 2.05) is 18.2 Å². The van der Waals surface area contributed by atoms with E-state index >= 15 is 0 Å². The normalized spacial score (nSPS) is 9.91. The van der Waals surface area contributed by atoms with Crippen molar-refractivity contribution >= 4 is 35.8 Å². The molecule has 3 N–H and O–H groups in total.